The Balaban J connectivity index is 1.56. The molecule has 1 aliphatic carbocycles. The second-order valence-electron chi connectivity index (χ2n) is 7.10. The van der Waals surface area contributed by atoms with E-state index in [-0.39, 0.29) is 6.10 Å². The zero-order chi connectivity index (χ0) is 19.6. The second-order valence-corrected chi connectivity index (χ2v) is 7.10. The number of aliphatic hydroxyl groups is 1. The van der Waals surface area contributed by atoms with Crippen LogP contribution in [-0.2, 0) is 13.2 Å². The van der Waals surface area contributed by atoms with E-state index in [1.165, 1.54) is 0 Å². The molecule has 28 heavy (non-hydrogen) atoms. The highest BCUT2D eigenvalue weighted by Gasteiger charge is 2.19. The van der Waals surface area contributed by atoms with Crippen molar-refractivity contribution in [1.82, 2.24) is 15.6 Å². The Morgan fingerprint density at radius 1 is 1.18 bits per heavy atom. The van der Waals surface area contributed by atoms with Gasteiger partial charge < -0.3 is 20.5 Å². The van der Waals surface area contributed by atoms with Gasteiger partial charge >= 0.3 is 0 Å². The zero-order valence-electron chi connectivity index (χ0n) is 16.5. The number of hydrogen-bond donors (Lipinski definition) is 3. The van der Waals surface area contributed by atoms with Crippen molar-refractivity contribution >= 4 is 5.96 Å². The number of guanidine groups is 1. The molecule has 1 heterocycles. The quantitative estimate of drug-likeness (QED) is 0.507. The molecule has 2 aromatic rings. The summed E-state index contributed by atoms with van der Waals surface area (Å²) in [5.41, 5.74) is 2.00. The van der Waals surface area contributed by atoms with Crippen LogP contribution in [-0.4, -0.2) is 34.7 Å². The van der Waals surface area contributed by atoms with Crippen molar-refractivity contribution in [3.63, 3.8) is 0 Å². The maximum Gasteiger partial charge on any atom is 0.191 e. The molecule has 0 atom stereocenters. The van der Waals surface area contributed by atoms with Gasteiger partial charge in [-0.05, 0) is 62.4 Å². The molecule has 0 saturated heterocycles. The van der Waals surface area contributed by atoms with E-state index in [2.05, 4.69) is 28.6 Å². The fourth-order valence-corrected chi connectivity index (χ4v) is 3.28. The molecule has 1 aliphatic rings. The monoisotopic (exact) mass is 382 g/mol. The molecule has 3 N–H and O–H groups in total. The lowest BCUT2D eigenvalue weighted by molar-refractivity contribution is 0.120. The molecule has 150 valence electrons. The molecule has 6 nitrogen and oxygen atoms in total. The Kier molecular flexibility index (Phi) is 7.67. The van der Waals surface area contributed by atoms with Gasteiger partial charge in [-0.25, -0.2) is 4.99 Å². The van der Waals surface area contributed by atoms with Gasteiger partial charge in [0.25, 0.3) is 0 Å². The summed E-state index contributed by atoms with van der Waals surface area (Å²) < 4.78 is 5.85. The zero-order valence-corrected chi connectivity index (χ0v) is 16.5. The van der Waals surface area contributed by atoms with Gasteiger partial charge in [0.15, 0.2) is 5.96 Å². The average molecular weight is 383 g/mol. The first-order valence-electron chi connectivity index (χ1n) is 10.1. The Hall–Kier alpha value is -2.60. The van der Waals surface area contributed by atoms with Crippen LogP contribution in [0.25, 0.3) is 0 Å². The Labute approximate surface area is 167 Å². The van der Waals surface area contributed by atoms with Gasteiger partial charge in [-0.15, -0.1) is 0 Å². The fraction of sp³-hybridized carbons (Fsp3) is 0.455. The number of hydrogen-bond acceptors (Lipinski definition) is 4. The minimum absolute atomic E-state index is 0.147. The van der Waals surface area contributed by atoms with Crippen molar-refractivity contribution in [2.24, 2.45) is 4.99 Å². The number of nitrogens with zero attached hydrogens (tertiary/aromatic N) is 2. The van der Waals surface area contributed by atoms with E-state index in [1.54, 1.807) is 6.20 Å². The van der Waals surface area contributed by atoms with Gasteiger partial charge in [0.05, 0.1) is 18.3 Å². The molecular formula is C22H30N4O2. The summed E-state index contributed by atoms with van der Waals surface area (Å²) in [6, 6.07) is 14.2. The van der Waals surface area contributed by atoms with Gasteiger partial charge in [0.2, 0.25) is 0 Å². The smallest absolute Gasteiger partial charge is 0.191 e. The third-order valence-corrected chi connectivity index (χ3v) is 4.81. The first-order chi connectivity index (χ1) is 13.7. The summed E-state index contributed by atoms with van der Waals surface area (Å²) in [5.74, 6) is 1.64. The molecule has 0 spiro atoms. The molecule has 0 radical (unpaired) electrons. The predicted molar refractivity (Wildman–Crippen MR) is 111 cm³/mol. The standard InChI is InChI=1S/C22H30N4O2/c1-2-23-22(26-18-9-11-20(27)12-10-18)25-15-17-6-5-8-21(14-17)28-16-19-7-3-4-13-24-19/h3-8,13-14,18,20,27H,2,9-12,15-16H2,1H3,(H2,23,25,26). The minimum atomic E-state index is -0.147. The summed E-state index contributed by atoms with van der Waals surface area (Å²) in [6.45, 7) is 3.90. The number of aromatic nitrogens is 1. The minimum Gasteiger partial charge on any atom is -0.487 e. The largest absolute Gasteiger partial charge is 0.487 e. The highest BCUT2D eigenvalue weighted by atomic mass is 16.5. The van der Waals surface area contributed by atoms with Crippen LogP contribution in [0.15, 0.2) is 53.7 Å². The highest BCUT2D eigenvalue weighted by molar-refractivity contribution is 5.80. The lowest BCUT2D eigenvalue weighted by Crippen LogP contribution is -2.45. The summed E-state index contributed by atoms with van der Waals surface area (Å²) in [4.78, 5) is 9.00. The second kappa shape index (κ2) is 10.7. The molecule has 0 amide bonds. The van der Waals surface area contributed by atoms with Gasteiger partial charge in [-0.2, -0.15) is 0 Å². The topological polar surface area (TPSA) is 78.8 Å². The van der Waals surface area contributed by atoms with Crippen molar-refractivity contribution in [2.45, 2.75) is 57.9 Å². The average Bonchev–Trinajstić information content (AvgIpc) is 2.73. The van der Waals surface area contributed by atoms with Crippen LogP contribution in [0, 0.1) is 0 Å². The Bertz CT molecular complexity index is 743. The van der Waals surface area contributed by atoms with Crippen LogP contribution >= 0.6 is 0 Å². The van der Waals surface area contributed by atoms with Crippen molar-refractivity contribution in [3.05, 3.63) is 59.9 Å². The van der Waals surface area contributed by atoms with E-state index < -0.39 is 0 Å². The van der Waals surface area contributed by atoms with Crippen molar-refractivity contribution in [3.8, 4) is 5.75 Å². The van der Waals surface area contributed by atoms with E-state index in [0.717, 1.165) is 55.2 Å². The van der Waals surface area contributed by atoms with E-state index in [0.29, 0.717) is 19.2 Å². The summed E-state index contributed by atoms with van der Waals surface area (Å²) in [6.07, 6.45) is 5.28. The van der Waals surface area contributed by atoms with Crippen molar-refractivity contribution < 1.29 is 9.84 Å². The summed E-state index contributed by atoms with van der Waals surface area (Å²) in [7, 11) is 0. The van der Waals surface area contributed by atoms with Crippen LogP contribution in [0.2, 0.25) is 0 Å². The normalized spacial score (nSPS) is 19.9. The molecule has 1 saturated carbocycles. The van der Waals surface area contributed by atoms with Crippen LogP contribution in [0.3, 0.4) is 0 Å². The third-order valence-electron chi connectivity index (χ3n) is 4.81. The molecule has 6 heteroatoms. The van der Waals surface area contributed by atoms with Gasteiger partial charge in [0.1, 0.15) is 12.4 Å². The molecule has 0 bridgehead atoms. The third kappa shape index (κ3) is 6.53. The molecule has 1 aromatic heterocycles. The number of rotatable bonds is 7. The predicted octanol–water partition coefficient (Wildman–Crippen LogP) is 3.02. The van der Waals surface area contributed by atoms with Crippen LogP contribution < -0.4 is 15.4 Å². The Morgan fingerprint density at radius 2 is 2.04 bits per heavy atom. The maximum atomic E-state index is 9.67. The van der Waals surface area contributed by atoms with Crippen LogP contribution in [0.5, 0.6) is 5.75 Å². The fourth-order valence-electron chi connectivity index (χ4n) is 3.28. The summed E-state index contributed by atoms with van der Waals surface area (Å²) >= 11 is 0. The van der Waals surface area contributed by atoms with Crippen LogP contribution in [0.4, 0.5) is 0 Å². The SMILES string of the molecule is CCNC(=NCc1cccc(OCc2ccccn2)c1)NC1CCC(O)CC1. The Morgan fingerprint density at radius 3 is 2.79 bits per heavy atom. The molecular weight excluding hydrogens is 352 g/mol. The maximum absolute atomic E-state index is 9.67. The molecule has 0 unspecified atom stereocenters. The molecule has 1 fully saturated rings. The molecule has 1 aromatic carbocycles. The summed E-state index contributed by atoms with van der Waals surface area (Å²) in [5, 5.41) is 16.5. The molecule has 3 rings (SSSR count). The van der Waals surface area contributed by atoms with E-state index in [9.17, 15) is 5.11 Å². The number of benzene rings is 1. The number of nitrogens with one attached hydrogen (secondary N) is 2. The number of ether oxygens (including phenoxy) is 1. The lowest BCUT2D eigenvalue weighted by atomic mass is 9.93. The first kappa shape index (κ1) is 20.1. The van der Waals surface area contributed by atoms with E-state index in [1.807, 2.05) is 36.4 Å². The van der Waals surface area contributed by atoms with Crippen molar-refractivity contribution in [1.29, 1.82) is 0 Å². The highest BCUT2D eigenvalue weighted by Crippen LogP contribution is 2.18. The van der Waals surface area contributed by atoms with Crippen molar-refractivity contribution in [2.75, 3.05) is 6.54 Å². The lowest BCUT2D eigenvalue weighted by Gasteiger charge is -2.27. The first-order valence-corrected chi connectivity index (χ1v) is 10.1. The number of pyridine rings is 1. The number of aliphatic hydroxyl groups excluding tert-OH is 1. The van der Waals surface area contributed by atoms with Gasteiger partial charge in [0, 0.05) is 18.8 Å². The van der Waals surface area contributed by atoms with Crippen LogP contribution in [0.1, 0.15) is 43.9 Å². The van der Waals surface area contributed by atoms with Gasteiger partial charge in [-0.1, -0.05) is 18.2 Å². The molecule has 0 aliphatic heterocycles. The van der Waals surface area contributed by atoms with E-state index in [4.69, 9.17) is 9.73 Å². The number of aliphatic imine (C=N–C) groups is 1. The van der Waals surface area contributed by atoms with Gasteiger partial charge in [-0.3, -0.25) is 4.98 Å². The van der Waals surface area contributed by atoms with E-state index >= 15 is 0 Å².